The second kappa shape index (κ2) is 7.76. The lowest BCUT2D eigenvalue weighted by molar-refractivity contribution is -0.141. The largest absolute Gasteiger partial charge is 0.481 e. The molecule has 0 heterocycles. The summed E-state index contributed by atoms with van der Waals surface area (Å²) in [5.74, 6) is -1.92. The molecule has 2 atom stereocenters. The number of carboxylic acids is 1. The zero-order valence-electron chi connectivity index (χ0n) is 12.6. The molecule has 0 fully saturated rings. The minimum absolute atomic E-state index is 0.0814. The van der Waals surface area contributed by atoms with Crippen molar-refractivity contribution in [1.82, 2.24) is 5.32 Å². The average Bonchev–Trinajstić information content (AvgIpc) is 2.37. The van der Waals surface area contributed by atoms with Gasteiger partial charge < -0.3 is 10.4 Å². The van der Waals surface area contributed by atoms with Crippen LogP contribution in [0.3, 0.4) is 0 Å². The maximum Gasteiger partial charge on any atom is 0.306 e. The molecule has 116 valence electrons. The van der Waals surface area contributed by atoms with E-state index in [1.165, 1.54) is 12.1 Å². The number of rotatable bonds is 7. The van der Waals surface area contributed by atoms with E-state index in [1.54, 1.807) is 19.9 Å². The van der Waals surface area contributed by atoms with E-state index < -0.39 is 11.8 Å². The van der Waals surface area contributed by atoms with Crippen LogP contribution in [0.1, 0.15) is 49.0 Å². The Labute approximate surface area is 124 Å². The number of halogens is 1. The Balaban J connectivity index is 2.45. The summed E-state index contributed by atoms with van der Waals surface area (Å²) < 4.78 is 13.3. The molecule has 0 bridgehead atoms. The molecule has 21 heavy (non-hydrogen) atoms. The Morgan fingerprint density at radius 3 is 2.48 bits per heavy atom. The smallest absolute Gasteiger partial charge is 0.306 e. The van der Waals surface area contributed by atoms with Gasteiger partial charge in [-0.1, -0.05) is 13.3 Å². The molecular weight excluding hydrogens is 273 g/mol. The Kier molecular flexibility index (Phi) is 6.34. The van der Waals surface area contributed by atoms with Crippen LogP contribution in [0.15, 0.2) is 18.2 Å². The van der Waals surface area contributed by atoms with Gasteiger partial charge in [0.05, 0.1) is 5.92 Å². The summed E-state index contributed by atoms with van der Waals surface area (Å²) in [5, 5.41) is 11.6. The second-order valence-corrected chi connectivity index (χ2v) is 5.56. The number of aryl methyl sites for hydroxylation is 1. The lowest BCUT2D eigenvalue weighted by Gasteiger charge is -2.15. The highest BCUT2D eigenvalue weighted by atomic mass is 19.1. The van der Waals surface area contributed by atoms with Crippen LogP contribution < -0.4 is 5.32 Å². The van der Waals surface area contributed by atoms with Gasteiger partial charge in [0.1, 0.15) is 5.82 Å². The molecule has 0 aliphatic heterocycles. The number of carboxylic acid groups (broad SMARTS) is 1. The van der Waals surface area contributed by atoms with Crippen molar-refractivity contribution in [3.8, 4) is 0 Å². The lowest BCUT2D eigenvalue weighted by Crippen LogP contribution is -2.32. The van der Waals surface area contributed by atoms with Crippen LogP contribution in [0.5, 0.6) is 0 Å². The summed E-state index contributed by atoms with van der Waals surface area (Å²) in [6.07, 6.45) is 1.99. The molecule has 1 rings (SSSR count). The number of benzene rings is 1. The van der Waals surface area contributed by atoms with Crippen LogP contribution >= 0.6 is 0 Å². The van der Waals surface area contributed by atoms with Gasteiger partial charge in [0.15, 0.2) is 0 Å². The van der Waals surface area contributed by atoms with Crippen molar-refractivity contribution in [2.75, 3.05) is 0 Å². The first-order valence-corrected chi connectivity index (χ1v) is 7.10. The lowest BCUT2D eigenvalue weighted by atomic mass is 10.0. The topological polar surface area (TPSA) is 66.4 Å². The molecule has 5 heteroatoms. The van der Waals surface area contributed by atoms with Gasteiger partial charge in [0.2, 0.25) is 0 Å². The predicted octanol–water partition coefficient (Wildman–Crippen LogP) is 3.14. The first kappa shape index (κ1) is 17.1. The molecule has 0 saturated heterocycles. The SMILES string of the molecule is Cc1cc(F)cc(C(=O)NC(C)CCCC(C)C(=O)O)c1. The van der Waals surface area contributed by atoms with E-state index in [2.05, 4.69) is 5.32 Å². The molecule has 0 aliphatic rings. The number of carbonyl (C=O) groups excluding carboxylic acids is 1. The predicted molar refractivity (Wildman–Crippen MR) is 78.7 cm³/mol. The second-order valence-electron chi connectivity index (χ2n) is 5.56. The monoisotopic (exact) mass is 295 g/mol. The minimum Gasteiger partial charge on any atom is -0.481 e. The maximum atomic E-state index is 13.3. The van der Waals surface area contributed by atoms with Crippen molar-refractivity contribution in [3.05, 3.63) is 35.1 Å². The van der Waals surface area contributed by atoms with Crippen molar-refractivity contribution >= 4 is 11.9 Å². The molecule has 1 aromatic carbocycles. The Morgan fingerprint density at radius 2 is 1.90 bits per heavy atom. The molecule has 2 unspecified atom stereocenters. The van der Waals surface area contributed by atoms with Gasteiger partial charge in [0, 0.05) is 11.6 Å². The molecule has 4 nitrogen and oxygen atoms in total. The molecule has 0 radical (unpaired) electrons. The number of hydrogen-bond donors (Lipinski definition) is 2. The normalized spacial score (nSPS) is 13.5. The summed E-state index contributed by atoms with van der Waals surface area (Å²) in [6.45, 7) is 5.26. The van der Waals surface area contributed by atoms with Crippen LogP contribution in [0.2, 0.25) is 0 Å². The van der Waals surface area contributed by atoms with Crippen molar-refractivity contribution in [3.63, 3.8) is 0 Å². The third-order valence-electron chi connectivity index (χ3n) is 3.38. The molecule has 0 aliphatic carbocycles. The van der Waals surface area contributed by atoms with E-state index in [0.29, 0.717) is 24.0 Å². The fourth-order valence-corrected chi connectivity index (χ4v) is 2.10. The molecule has 0 spiro atoms. The van der Waals surface area contributed by atoms with E-state index in [4.69, 9.17) is 5.11 Å². The summed E-state index contributed by atoms with van der Waals surface area (Å²) in [6, 6.07) is 4.13. The van der Waals surface area contributed by atoms with Gasteiger partial charge in [-0.25, -0.2) is 4.39 Å². The van der Waals surface area contributed by atoms with E-state index in [0.717, 1.165) is 6.42 Å². The molecule has 0 aromatic heterocycles. The number of carbonyl (C=O) groups is 2. The van der Waals surface area contributed by atoms with Crippen molar-refractivity contribution in [1.29, 1.82) is 0 Å². The molecular formula is C16H22FNO3. The van der Waals surface area contributed by atoms with E-state index in [-0.39, 0.29) is 17.9 Å². The Bertz CT molecular complexity index is 496. The van der Waals surface area contributed by atoms with Crippen LogP contribution in [0.4, 0.5) is 4.39 Å². The number of nitrogens with one attached hydrogen (secondary N) is 1. The highest BCUT2D eigenvalue weighted by Gasteiger charge is 2.13. The number of hydrogen-bond acceptors (Lipinski definition) is 2. The first-order valence-electron chi connectivity index (χ1n) is 7.10. The van der Waals surface area contributed by atoms with Gasteiger partial charge in [0.25, 0.3) is 5.91 Å². The summed E-state index contributed by atoms with van der Waals surface area (Å²) in [7, 11) is 0. The third-order valence-corrected chi connectivity index (χ3v) is 3.38. The fourth-order valence-electron chi connectivity index (χ4n) is 2.10. The highest BCUT2D eigenvalue weighted by Crippen LogP contribution is 2.11. The summed E-state index contributed by atoms with van der Waals surface area (Å²) >= 11 is 0. The van der Waals surface area contributed by atoms with E-state index in [1.807, 2.05) is 6.92 Å². The van der Waals surface area contributed by atoms with Gasteiger partial charge >= 0.3 is 5.97 Å². The zero-order valence-corrected chi connectivity index (χ0v) is 12.6. The van der Waals surface area contributed by atoms with Gasteiger partial charge in [-0.15, -0.1) is 0 Å². The molecule has 1 amide bonds. The number of aliphatic carboxylic acids is 1. The first-order chi connectivity index (χ1) is 9.79. The summed E-state index contributed by atoms with van der Waals surface area (Å²) in [4.78, 5) is 22.7. The van der Waals surface area contributed by atoms with Gasteiger partial charge in [-0.2, -0.15) is 0 Å². The quantitative estimate of drug-likeness (QED) is 0.812. The summed E-state index contributed by atoms with van der Waals surface area (Å²) in [5.41, 5.74) is 1.00. The van der Waals surface area contributed by atoms with Crippen molar-refractivity contribution in [2.45, 2.75) is 46.1 Å². The Hall–Kier alpha value is -1.91. The van der Waals surface area contributed by atoms with Crippen LogP contribution in [0, 0.1) is 18.7 Å². The molecule has 2 N–H and O–H groups in total. The van der Waals surface area contributed by atoms with Crippen molar-refractivity contribution < 1.29 is 19.1 Å². The maximum absolute atomic E-state index is 13.3. The van der Waals surface area contributed by atoms with Crippen LogP contribution in [-0.4, -0.2) is 23.0 Å². The Morgan fingerprint density at radius 1 is 1.24 bits per heavy atom. The van der Waals surface area contributed by atoms with Crippen molar-refractivity contribution in [2.24, 2.45) is 5.92 Å². The number of amides is 1. The van der Waals surface area contributed by atoms with E-state index in [9.17, 15) is 14.0 Å². The van der Waals surface area contributed by atoms with Crippen LogP contribution in [-0.2, 0) is 4.79 Å². The molecule has 1 aromatic rings. The van der Waals surface area contributed by atoms with Gasteiger partial charge in [-0.3, -0.25) is 9.59 Å². The third kappa shape index (κ3) is 5.94. The minimum atomic E-state index is -0.804. The van der Waals surface area contributed by atoms with Crippen LogP contribution in [0.25, 0.3) is 0 Å². The van der Waals surface area contributed by atoms with E-state index >= 15 is 0 Å². The zero-order chi connectivity index (χ0) is 16.0. The molecule has 0 saturated carbocycles. The standard InChI is InChI=1S/C16H22FNO3/c1-10-7-13(9-14(17)8-10)15(19)18-12(3)6-4-5-11(2)16(20)21/h7-9,11-12H,4-6H2,1-3H3,(H,18,19)(H,20,21). The average molecular weight is 295 g/mol. The van der Waals surface area contributed by atoms with Gasteiger partial charge in [-0.05, 0) is 50.5 Å². The highest BCUT2D eigenvalue weighted by molar-refractivity contribution is 5.94. The fraction of sp³-hybridized carbons (Fsp3) is 0.500.